The molecule has 0 aliphatic carbocycles. The summed E-state index contributed by atoms with van der Waals surface area (Å²) in [5.74, 6) is 1.38. The van der Waals surface area contributed by atoms with Crippen molar-refractivity contribution >= 4 is 6.08 Å². The van der Waals surface area contributed by atoms with Crippen LogP contribution in [0.4, 0.5) is 0 Å². The Morgan fingerprint density at radius 1 is 0.870 bits per heavy atom. The first-order valence-electron chi connectivity index (χ1n) is 7.07. The fraction of sp³-hybridized carbons (Fsp3) is 0.222. The molecule has 2 N–H and O–H groups in total. The number of methoxy groups -OCH3 is 3. The molecule has 0 atom stereocenters. The molecule has 0 amide bonds. The van der Waals surface area contributed by atoms with Crippen LogP contribution in [0.3, 0.4) is 0 Å². The van der Waals surface area contributed by atoms with Crippen LogP contribution >= 0.6 is 0 Å². The van der Waals surface area contributed by atoms with Gasteiger partial charge < -0.3 is 24.4 Å². The lowest BCUT2D eigenvalue weighted by Crippen LogP contribution is -1.93. The van der Waals surface area contributed by atoms with Crippen LogP contribution in [-0.2, 0) is 6.42 Å². The Labute approximate surface area is 135 Å². The van der Waals surface area contributed by atoms with E-state index in [1.165, 1.54) is 21.3 Å². The third kappa shape index (κ3) is 3.69. The fourth-order valence-corrected chi connectivity index (χ4v) is 2.28. The lowest BCUT2D eigenvalue weighted by atomic mass is 10.1. The van der Waals surface area contributed by atoms with Gasteiger partial charge in [-0.3, -0.25) is 0 Å². The highest BCUT2D eigenvalue weighted by molar-refractivity contribution is 5.66. The largest absolute Gasteiger partial charge is 0.504 e. The molecular formula is C18H20O5. The van der Waals surface area contributed by atoms with Crippen molar-refractivity contribution in [3.8, 4) is 28.7 Å². The summed E-state index contributed by atoms with van der Waals surface area (Å²) in [7, 11) is 4.52. The van der Waals surface area contributed by atoms with E-state index < -0.39 is 0 Å². The van der Waals surface area contributed by atoms with Crippen molar-refractivity contribution in [2.24, 2.45) is 0 Å². The lowest BCUT2D eigenvalue weighted by molar-refractivity contribution is 0.332. The zero-order chi connectivity index (χ0) is 16.8. The Morgan fingerprint density at radius 3 is 2.22 bits per heavy atom. The average Bonchev–Trinajstić information content (AvgIpc) is 2.57. The maximum atomic E-state index is 9.77. The monoisotopic (exact) mass is 316 g/mol. The molecule has 0 radical (unpaired) electrons. The van der Waals surface area contributed by atoms with Gasteiger partial charge in [0.15, 0.2) is 23.0 Å². The summed E-state index contributed by atoms with van der Waals surface area (Å²) >= 11 is 0. The molecule has 23 heavy (non-hydrogen) atoms. The van der Waals surface area contributed by atoms with E-state index in [4.69, 9.17) is 14.2 Å². The van der Waals surface area contributed by atoms with E-state index in [2.05, 4.69) is 0 Å². The topological polar surface area (TPSA) is 68.2 Å². The van der Waals surface area contributed by atoms with Crippen LogP contribution in [0.5, 0.6) is 28.7 Å². The minimum Gasteiger partial charge on any atom is -0.504 e. The van der Waals surface area contributed by atoms with Crippen molar-refractivity contribution < 1.29 is 24.4 Å². The van der Waals surface area contributed by atoms with Crippen molar-refractivity contribution in [3.63, 3.8) is 0 Å². The van der Waals surface area contributed by atoms with Gasteiger partial charge in [-0.15, -0.1) is 0 Å². The van der Waals surface area contributed by atoms with Crippen LogP contribution in [0.2, 0.25) is 0 Å². The van der Waals surface area contributed by atoms with Gasteiger partial charge >= 0.3 is 0 Å². The Hall–Kier alpha value is -2.82. The third-order valence-corrected chi connectivity index (χ3v) is 3.43. The number of hydrogen-bond acceptors (Lipinski definition) is 5. The maximum absolute atomic E-state index is 9.77. The molecule has 5 heteroatoms. The number of rotatable bonds is 6. The van der Waals surface area contributed by atoms with Gasteiger partial charge in [0, 0.05) is 5.56 Å². The molecule has 0 aliphatic heterocycles. The predicted molar refractivity (Wildman–Crippen MR) is 88.6 cm³/mol. The predicted octanol–water partition coefficient (Wildman–Crippen LogP) is 3.38. The first-order valence-corrected chi connectivity index (χ1v) is 7.07. The van der Waals surface area contributed by atoms with E-state index in [-0.39, 0.29) is 11.5 Å². The van der Waals surface area contributed by atoms with Crippen molar-refractivity contribution in [2.45, 2.75) is 6.42 Å². The van der Waals surface area contributed by atoms with E-state index in [1.54, 1.807) is 24.3 Å². The molecule has 2 rings (SSSR count). The van der Waals surface area contributed by atoms with Crippen molar-refractivity contribution in [1.29, 1.82) is 0 Å². The molecule has 0 spiro atoms. The molecule has 122 valence electrons. The van der Waals surface area contributed by atoms with Crippen molar-refractivity contribution in [1.82, 2.24) is 0 Å². The summed E-state index contributed by atoms with van der Waals surface area (Å²) in [5, 5.41) is 19.4. The fourth-order valence-electron chi connectivity index (χ4n) is 2.28. The van der Waals surface area contributed by atoms with Gasteiger partial charge in [0.1, 0.15) is 0 Å². The summed E-state index contributed by atoms with van der Waals surface area (Å²) in [6.07, 6.45) is 4.50. The second kappa shape index (κ2) is 7.45. The van der Waals surface area contributed by atoms with E-state index >= 15 is 0 Å². The summed E-state index contributed by atoms with van der Waals surface area (Å²) in [6.45, 7) is 0. The first kappa shape index (κ1) is 16.5. The Balaban J connectivity index is 2.21. The zero-order valence-corrected chi connectivity index (χ0v) is 13.4. The van der Waals surface area contributed by atoms with Gasteiger partial charge in [-0.25, -0.2) is 0 Å². The molecule has 0 heterocycles. The van der Waals surface area contributed by atoms with Gasteiger partial charge in [0.25, 0.3) is 0 Å². The molecule has 0 unspecified atom stereocenters. The van der Waals surface area contributed by atoms with Gasteiger partial charge in [0.2, 0.25) is 5.75 Å². The van der Waals surface area contributed by atoms with Gasteiger partial charge in [-0.05, 0) is 36.2 Å². The summed E-state index contributed by atoms with van der Waals surface area (Å²) < 4.78 is 15.6. The highest BCUT2D eigenvalue weighted by Crippen LogP contribution is 2.39. The van der Waals surface area contributed by atoms with Crippen LogP contribution in [0.15, 0.2) is 36.4 Å². The minimum absolute atomic E-state index is 0.0322. The van der Waals surface area contributed by atoms with Crippen LogP contribution in [0.1, 0.15) is 11.1 Å². The molecule has 0 bridgehead atoms. The van der Waals surface area contributed by atoms with Gasteiger partial charge in [0.05, 0.1) is 21.3 Å². The average molecular weight is 316 g/mol. The van der Waals surface area contributed by atoms with Gasteiger partial charge in [-0.1, -0.05) is 18.2 Å². The molecule has 0 fully saturated rings. The number of phenolic OH excluding ortho intramolecular Hbond substituents is 2. The quantitative estimate of drug-likeness (QED) is 0.855. The molecule has 2 aromatic rings. The second-order valence-corrected chi connectivity index (χ2v) is 4.85. The lowest BCUT2D eigenvalue weighted by Gasteiger charge is -2.11. The van der Waals surface area contributed by atoms with Crippen LogP contribution < -0.4 is 14.2 Å². The number of ether oxygens (including phenoxy) is 3. The molecular weight excluding hydrogens is 296 g/mol. The van der Waals surface area contributed by atoms with E-state index in [0.717, 1.165) is 11.1 Å². The number of hydrogen-bond donors (Lipinski definition) is 2. The standard InChI is InChI=1S/C18H20O5/c1-21-16-11-12(7-9-14(16)19)5-4-6-13-8-10-15(20)18(23-3)17(13)22-2/h4,6-11,19-20H,5H2,1-3H3. The molecule has 0 saturated carbocycles. The third-order valence-electron chi connectivity index (χ3n) is 3.43. The van der Waals surface area contributed by atoms with Crippen LogP contribution in [0, 0.1) is 0 Å². The van der Waals surface area contributed by atoms with E-state index in [0.29, 0.717) is 23.7 Å². The molecule has 5 nitrogen and oxygen atoms in total. The van der Waals surface area contributed by atoms with Crippen molar-refractivity contribution in [3.05, 3.63) is 47.5 Å². The highest BCUT2D eigenvalue weighted by atomic mass is 16.5. The second-order valence-electron chi connectivity index (χ2n) is 4.85. The number of phenols is 2. The minimum atomic E-state index is 0.0322. The maximum Gasteiger partial charge on any atom is 0.203 e. The Morgan fingerprint density at radius 2 is 1.57 bits per heavy atom. The molecule has 0 aliphatic rings. The van der Waals surface area contributed by atoms with E-state index in [1.807, 2.05) is 18.2 Å². The highest BCUT2D eigenvalue weighted by Gasteiger charge is 2.12. The van der Waals surface area contributed by atoms with Crippen molar-refractivity contribution in [2.75, 3.05) is 21.3 Å². The van der Waals surface area contributed by atoms with E-state index in [9.17, 15) is 10.2 Å². The molecule has 0 aromatic heterocycles. The Bertz CT molecular complexity index is 707. The van der Waals surface area contributed by atoms with Crippen LogP contribution in [-0.4, -0.2) is 31.5 Å². The number of aromatic hydroxyl groups is 2. The first-order chi connectivity index (χ1) is 11.1. The van der Waals surface area contributed by atoms with Crippen LogP contribution in [0.25, 0.3) is 6.08 Å². The zero-order valence-electron chi connectivity index (χ0n) is 13.4. The normalized spacial score (nSPS) is 10.7. The molecule has 2 aromatic carbocycles. The summed E-state index contributed by atoms with van der Waals surface area (Å²) in [5.41, 5.74) is 1.80. The smallest absolute Gasteiger partial charge is 0.203 e. The number of benzene rings is 2. The molecule has 0 saturated heterocycles. The van der Waals surface area contributed by atoms with Gasteiger partial charge in [-0.2, -0.15) is 0 Å². The number of allylic oxidation sites excluding steroid dienone is 1. The summed E-state index contributed by atoms with van der Waals surface area (Å²) in [4.78, 5) is 0. The summed E-state index contributed by atoms with van der Waals surface area (Å²) in [6, 6.07) is 8.53. The Kier molecular flexibility index (Phi) is 5.36. The SMILES string of the molecule is COc1cc(CC=Cc2ccc(O)c(OC)c2OC)ccc1O.